The zero-order valence-corrected chi connectivity index (χ0v) is 29.0. The van der Waals surface area contributed by atoms with Crippen molar-refractivity contribution < 1.29 is 28.8 Å². The molecule has 47 heavy (non-hydrogen) atoms. The zero-order chi connectivity index (χ0) is 34.2. The van der Waals surface area contributed by atoms with E-state index in [2.05, 4.69) is 26.6 Å². The third kappa shape index (κ3) is 9.13. The first kappa shape index (κ1) is 35.9. The molecule has 0 aliphatic carbocycles. The van der Waals surface area contributed by atoms with Crippen LogP contribution in [0.1, 0.15) is 66.9 Å². The molecule has 12 nitrogen and oxygen atoms in total. The van der Waals surface area contributed by atoms with Gasteiger partial charge in [0, 0.05) is 12.6 Å². The van der Waals surface area contributed by atoms with Gasteiger partial charge < -0.3 is 31.5 Å². The molecule has 0 radical (unpaired) electrons. The summed E-state index contributed by atoms with van der Waals surface area (Å²) >= 11 is 2.83. The van der Waals surface area contributed by atoms with Gasteiger partial charge in [0.05, 0.1) is 17.3 Å². The SMILES string of the molecule is CSCC[C@@H]1NC(=O)C[C@@H](c2ccccc2)NC(=O)[C@H](C)NC(=O)[C@@H]2C[C@H](NC(=O)c3sccc3C)CN2C(=O)[C@H](C(C)C)NC1=O. The van der Waals surface area contributed by atoms with Crippen molar-refractivity contribution in [2.75, 3.05) is 18.6 Å². The molecule has 6 amide bonds. The first-order valence-electron chi connectivity index (χ1n) is 15.8. The van der Waals surface area contributed by atoms with Crippen LogP contribution in [-0.2, 0) is 24.0 Å². The number of nitrogens with one attached hydrogen (secondary N) is 5. The maximum Gasteiger partial charge on any atom is 0.261 e. The maximum absolute atomic E-state index is 14.1. The largest absolute Gasteiger partial charge is 0.347 e. The fourth-order valence-corrected chi connectivity index (χ4v) is 7.09. The van der Waals surface area contributed by atoms with E-state index in [1.54, 1.807) is 38.1 Å². The number of hydrogen-bond acceptors (Lipinski definition) is 8. The highest BCUT2D eigenvalue weighted by Crippen LogP contribution is 2.24. The van der Waals surface area contributed by atoms with Crippen molar-refractivity contribution in [3.63, 3.8) is 0 Å². The molecule has 2 fully saturated rings. The van der Waals surface area contributed by atoms with Gasteiger partial charge in [0.2, 0.25) is 29.5 Å². The van der Waals surface area contributed by atoms with E-state index in [1.165, 1.54) is 34.9 Å². The number of benzene rings is 1. The first-order chi connectivity index (χ1) is 22.4. The van der Waals surface area contributed by atoms with Gasteiger partial charge in [-0.2, -0.15) is 11.8 Å². The fourth-order valence-electron chi connectivity index (χ4n) is 5.79. The van der Waals surface area contributed by atoms with Gasteiger partial charge in [0.1, 0.15) is 24.2 Å². The smallest absolute Gasteiger partial charge is 0.261 e. The van der Waals surface area contributed by atoms with Crippen LogP contribution in [0.4, 0.5) is 0 Å². The Morgan fingerprint density at radius 1 is 1.00 bits per heavy atom. The summed E-state index contributed by atoms with van der Waals surface area (Å²) in [6.07, 6.45) is 2.20. The van der Waals surface area contributed by atoms with Crippen LogP contribution < -0.4 is 26.6 Å². The topological polar surface area (TPSA) is 166 Å². The molecule has 4 rings (SSSR count). The van der Waals surface area contributed by atoms with Crippen molar-refractivity contribution in [2.24, 2.45) is 5.92 Å². The number of thioether (sulfide) groups is 1. The van der Waals surface area contributed by atoms with Gasteiger partial charge >= 0.3 is 0 Å². The zero-order valence-electron chi connectivity index (χ0n) is 27.3. The summed E-state index contributed by atoms with van der Waals surface area (Å²) in [4.78, 5) is 83.4. The fraction of sp³-hybridized carbons (Fsp3) is 0.515. The van der Waals surface area contributed by atoms with Crippen LogP contribution in [0.25, 0.3) is 0 Å². The highest BCUT2D eigenvalue weighted by Gasteiger charge is 2.44. The second-order valence-corrected chi connectivity index (χ2v) is 14.3. The Morgan fingerprint density at radius 2 is 1.72 bits per heavy atom. The summed E-state index contributed by atoms with van der Waals surface area (Å²) < 4.78 is 0. The van der Waals surface area contributed by atoms with Gasteiger partial charge in [-0.3, -0.25) is 28.8 Å². The molecule has 0 spiro atoms. The Labute approximate surface area is 283 Å². The maximum atomic E-state index is 14.1. The molecular formula is C33H44N6O6S2. The minimum atomic E-state index is -1.01. The number of aryl methyl sites for hydroxylation is 1. The molecule has 2 aromatic rings. The van der Waals surface area contributed by atoms with E-state index in [1.807, 2.05) is 30.7 Å². The minimum Gasteiger partial charge on any atom is -0.347 e. The van der Waals surface area contributed by atoms with Crippen LogP contribution in [0.3, 0.4) is 0 Å². The third-order valence-corrected chi connectivity index (χ3v) is 10.1. The quantitative estimate of drug-likeness (QED) is 0.297. The normalized spacial score (nSPS) is 26.3. The Kier molecular flexibility index (Phi) is 12.4. The number of carbonyl (C=O) groups is 6. The van der Waals surface area contributed by atoms with Gasteiger partial charge in [-0.05, 0) is 67.2 Å². The number of nitrogens with zero attached hydrogens (tertiary/aromatic N) is 1. The van der Waals surface area contributed by atoms with E-state index < -0.39 is 65.8 Å². The number of amides is 6. The molecule has 2 saturated heterocycles. The Morgan fingerprint density at radius 3 is 2.36 bits per heavy atom. The average molecular weight is 685 g/mol. The van der Waals surface area contributed by atoms with Gasteiger partial charge in [-0.1, -0.05) is 44.2 Å². The van der Waals surface area contributed by atoms with Crippen molar-refractivity contribution in [3.05, 3.63) is 57.8 Å². The number of thiophene rings is 1. The van der Waals surface area contributed by atoms with Crippen LogP contribution in [0.2, 0.25) is 0 Å². The van der Waals surface area contributed by atoms with Crippen LogP contribution in [0.5, 0.6) is 0 Å². The molecule has 1 aromatic carbocycles. The Bertz CT molecular complexity index is 1470. The highest BCUT2D eigenvalue weighted by atomic mass is 32.2. The van der Waals surface area contributed by atoms with Crippen molar-refractivity contribution in [3.8, 4) is 0 Å². The monoisotopic (exact) mass is 684 g/mol. The molecule has 254 valence electrons. The van der Waals surface area contributed by atoms with Crippen molar-refractivity contribution in [1.82, 2.24) is 31.5 Å². The second kappa shape index (κ2) is 16.3. The van der Waals surface area contributed by atoms with Crippen LogP contribution in [-0.4, -0.2) is 89.1 Å². The molecule has 3 heterocycles. The molecule has 6 atom stereocenters. The lowest BCUT2D eigenvalue weighted by Crippen LogP contribution is -2.59. The highest BCUT2D eigenvalue weighted by molar-refractivity contribution is 7.98. The molecule has 5 N–H and O–H groups in total. The predicted molar refractivity (Wildman–Crippen MR) is 182 cm³/mol. The van der Waals surface area contributed by atoms with Crippen LogP contribution >= 0.6 is 23.1 Å². The van der Waals surface area contributed by atoms with Crippen molar-refractivity contribution >= 4 is 58.5 Å². The standard InChI is InChI=1S/C33H44N6O6S2/c1-18(2)27-33(45)39-17-22(35-32(44)28-19(3)11-14-47-28)15-25(39)31(43)34-20(4)29(41)37-24(21-9-7-6-8-10-21)16-26(40)36-23(12-13-46-5)30(42)38-27/h6-11,14,18,20,22-25,27H,12-13,15-17H2,1-5H3,(H,34,43)(H,35,44)(H,36,40)(H,37,41)(H,38,42)/t20-,22-,23-,24-,25-,27-/m0/s1. The number of rotatable bonds is 7. The van der Waals surface area contributed by atoms with Crippen LogP contribution in [0.15, 0.2) is 41.8 Å². The molecular weight excluding hydrogens is 641 g/mol. The summed E-state index contributed by atoms with van der Waals surface area (Å²) in [5.74, 6) is -2.60. The van der Waals surface area contributed by atoms with E-state index in [9.17, 15) is 28.8 Å². The van der Waals surface area contributed by atoms with Gasteiger partial charge in [0.25, 0.3) is 5.91 Å². The molecule has 2 aliphatic rings. The summed E-state index contributed by atoms with van der Waals surface area (Å²) in [5, 5.41) is 16.1. The van der Waals surface area contributed by atoms with Crippen LogP contribution in [0, 0.1) is 12.8 Å². The van der Waals surface area contributed by atoms with Gasteiger partial charge in [-0.25, -0.2) is 0 Å². The average Bonchev–Trinajstić information content (AvgIpc) is 3.67. The second-order valence-electron chi connectivity index (χ2n) is 12.4. The van der Waals surface area contributed by atoms with E-state index in [4.69, 9.17) is 0 Å². The number of fused-ring (bicyclic) bond motifs is 1. The Balaban J connectivity index is 1.68. The molecule has 0 unspecified atom stereocenters. The Hall–Kier alpha value is -3.91. The number of carbonyl (C=O) groups excluding carboxylic acids is 6. The molecule has 14 heteroatoms. The minimum absolute atomic E-state index is 0.0372. The van der Waals surface area contributed by atoms with E-state index in [-0.39, 0.29) is 31.2 Å². The van der Waals surface area contributed by atoms with Crippen molar-refractivity contribution in [1.29, 1.82) is 0 Å². The summed E-state index contributed by atoms with van der Waals surface area (Å²) in [6, 6.07) is 5.62. The number of hydrogen-bond donors (Lipinski definition) is 5. The summed E-state index contributed by atoms with van der Waals surface area (Å²) in [7, 11) is 0. The van der Waals surface area contributed by atoms with E-state index in [0.29, 0.717) is 22.6 Å². The summed E-state index contributed by atoms with van der Waals surface area (Å²) in [6.45, 7) is 6.99. The van der Waals surface area contributed by atoms with Crippen molar-refractivity contribution in [2.45, 2.75) is 83.2 Å². The van der Waals surface area contributed by atoms with E-state index >= 15 is 0 Å². The molecule has 1 aromatic heterocycles. The summed E-state index contributed by atoms with van der Waals surface area (Å²) in [5.41, 5.74) is 1.51. The predicted octanol–water partition coefficient (Wildman–Crippen LogP) is 1.90. The lowest BCUT2D eigenvalue weighted by atomic mass is 10.0. The first-order valence-corrected chi connectivity index (χ1v) is 18.1. The third-order valence-electron chi connectivity index (χ3n) is 8.44. The lowest BCUT2D eigenvalue weighted by molar-refractivity contribution is -0.143. The molecule has 2 aliphatic heterocycles. The molecule has 0 saturated carbocycles. The van der Waals surface area contributed by atoms with Gasteiger partial charge in [0.15, 0.2) is 0 Å². The van der Waals surface area contributed by atoms with E-state index in [0.717, 1.165) is 5.56 Å². The lowest BCUT2D eigenvalue weighted by Gasteiger charge is -2.32. The van der Waals surface area contributed by atoms with Gasteiger partial charge in [-0.15, -0.1) is 11.3 Å². The molecule has 0 bridgehead atoms.